The van der Waals surface area contributed by atoms with Crippen LogP contribution in [0.5, 0.6) is 0 Å². The molecule has 0 unspecified atom stereocenters. The van der Waals surface area contributed by atoms with Gasteiger partial charge in [0.1, 0.15) is 12.1 Å². The molecular formula is C14H17N9O. The van der Waals surface area contributed by atoms with Gasteiger partial charge in [-0.3, -0.25) is 9.48 Å². The molecule has 3 heterocycles. The van der Waals surface area contributed by atoms with Gasteiger partial charge in [-0.2, -0.15) is 5.10 Å². The first-order valence-corrected chi connectivity index (χ1v) is 7.35. The SMILES string of the molecule is Cc1ccn(-c2cc(NCCNC(=O)c3cn(C)nn3)ncn2)n1. The molecule has 0 spiro atoms. The molecule has 0 saturated carbocycles. The maximum Gasteiger partial charge on any atom is 0.273 e. The number of hydrogen-bond donors (Lipinski definition) is 2. The maximum absolute atomic E-state index is 11.8. The summed E-state index contributed by atoms with van der Waals surface area (Å²) in [7, 11) is 1.71. The molecule has 2 N–H and O–H groups in total. The third-order valence-electron chi connectivity index (χ3n) is 3.16. The molecule has 3 aromatic heterocycles. The van der Waals surface area contributed by atoms with E-state index >= 15 is 0 Å². The van der Waals surface area contributed by atoms with Crippen molar-refractivity contribution in [2.45, 2.75) is 6.92 Å². The number of carbonyl (C=O) groups excluding carboxylic acids is 1. The van der Waals surface area contributed by atoms with Gasteiger partial charge in [-0.25, -0.2) is 14.6 Å². The van der Waals surface area contributed by atoms with Crippen LogP contribution in [0.2, 0.25) is 0 Å². The van der Waals surface area contributed by atoms with Crippen LogP contribution in [0, 0.1) is 6.92 Å². The van der Waals surface area contributed by atoms with Gasteiger partial charge < -0.3 is 10.6 Å². The average Bonchev–Trinajstić information content (AvgIpc) is 3.20. The highest BCUT2D eigenvalue weighted by atomic mass is 16.2. The molecule has 0 aliphatic heterocycles. The number of nitrogens with zero attached hydrogens (tertiary/aromatic N) is 7. The summed E-state index contributed by atoms with van der Waals surface area (Å²) in [5, 5.41) is 17.7. The van der Waals surface area contributed by atoms with E-state index in [1.54, 1.807) is 24.0 Å². The van der Waals surface area contributed by atoms with Crippen LogP contribution < -0.4 is 10.6 Å². The van der Waals surface area contributed by atoms with Crippen LogP contribution in [-0.2, 0) is 7.05 Å². The van der Waals surface area contributed by atoms with E-state index in [1.165, 1.54) is 11.0 Å². The molecule has 0 atom stereocenters. The molecule has 0 aliphatic carbocycles. The van der Waals surface area contributed by atoms with Gasteiger partial charge in [-0.05, 0) is 13.0 Å². The van der Waals surface area contributed by atoms with Crippen LogP contribution in [0.3, 0.4) is 0 Å². The minimum Gasteiger partial charge on any atom is -0.368 e. The largest absolute Gasteiger partial charge is 0.368 e. The lowest BCUT2D eigenvalue weighted by molar-refractivity contribution is 0.0950. The number of aromatic nitrogens is 7. The van der Waals surface area contributed by atoms with Crippen molar-refractivity contribution in [3.05, 3.63) is 42.2 Å². The summed E-state index contributed by atoms with van der Waals surface area (Å²) in [6, 6.07) is 3.69. The van der Waals surface area contributed by atoms with Gasteiger partial charge in [0.05, 0.1) is 11.9 Å². The number of hydrogen-bond acceptors (Lipinski definition) is 7. The second-order valence-electron chi connectivity index (χ2n) is 5.12. The maximum atomic E-state index is 11.8. The summed E-state index contributed by atoms with van der Waals surface area (Å²) in [6.07, 6.45) is 4.86. The predicted molar refractivity (Wildman–Crippen MR) is 85.7 cm³/mol. The van der Waals surface area contributed by atoms with E-state index in [9.17, 15) is 4.79 Å². The smallest absolute Gasteiger partial charge is 0.273 e. The number of aryl methyl sites for hydroxylation is 2. The molecule has 0 aromatic carbocycles. The highest BCUT2D eigenvalue weighted by Crippen LogP contribution is 2.08. The molecule has 0 bridgehead atoms. The van der Waals surface area contributed by atoms with E-state index in [2.05, 4.69) is 36.0 Å². The molecule has 10 heteroatoms. The monoisotopic (exact) mass is 327 g/mol. The Kier molecular flexibility index (Phi) is 4.45. The van der Waals surface area contributed by atoms with Gasteiger partial charge in [-0.1, -0.05) is 5.21 Å². The molecule has 0 aliphatic rings. The Morgan fingerprint density at radius 3 is 2.88 bits per heavy atom. The number of amides is 1. The predicted octanol–water partition coefficient (Wildman–Crippen LogP) is -0.0589. The average molecular weight is 327 g/mol. The third kappa shape index (κ3) is 3.72. The fraction of sp³-hybridized carbons (Fsp3) is 0.286. The van der Waals surface area contributed by atoms with Gasteiger partial charge in [0.15, 0.2) is 11.5 Å². The Labute approximate surface area is 137 Å². The van der Waals surface area contributed by atoms with Gasteiger partial charge in [0.2, 0.25) is 0 Å². The molecule has 0 fully saturated rings. The zero-order valence-electron chi connectivity index (χ0n) is 13.3. The van der Waals surface area contributed by atoms with Crippen LogP contribution in [-0.4, -0.2) is 53.7 Å². The van der Waals surface area contributed by atoms with Crippen molar-refractivity contribution in [1.82, 2.24) is 40.1 Å². The number of nitrogens with one attached hydrogen (secondary N) is 2. The van der Waals surface area contributed by atoms with E-state index < -0.39 is 0 Å². The van der Waals surface area contributed by atoms with Crippen LogP contribution in [0.1, 0.15) is 16.2 Å². The van der Waals surface area contributed by atoms with Gasteiger partial charge in [0.25, 0.3) is 5.91 Å². The molecule has 24 heavy (non-hydrogen) atoms. The van der Waals surface area contributed by atoms with Gasteiger partial charge >= 0.3 is 0 Å². The van der Waals surface area contributed by atoms with E-state index in [0.29, 0.717) is 24.7 Å². The fourth-order valence-electron chi connectivity index (χ4n) is 2.02. The van der Waals surface area contributed by atoms with E-state index in [1.807, 2.05) is 19.2 Å². The molecule has 124 valence electrons. The quantitative estimate of drug-likeness (QED) is 0.609. The summed E-state index contributed by atoms with van der Waals surface area (Å²) in [4.78, 5) is 20.2. The van der Waals surface area contributed by atoms with Crippen LogP contribution in [0.25, 0.3) is 5.82 Å². The third-order valence-corrected chi connectivity index (χ3v) is 3.16. The second-order valence-corrected chi connectivity index (χ2v) is 5.12. The van der Waals surface area contributed by atoms with Gasteiger partial charge in [-0.15, -0.1) is 5.10 Å². The van der Waals surface area contributed by atoms with Crippen molar-refractivity contribution in [2.24, 2.45) is 7.05 Å². The summed E-state index contributed by atoms with van der Waals surface area (Å²) in [5.41, 5.74) is 1.20. The molecule has 0 radical (unpaired) electrons. The first-order chi connectivity index (χ1) is 11.6. The Balaban J connectivity index is 1.51. The normalized spacial score (nSPS) is 10.6. The second kappa shape index (κ2) is 6.86. The first-order valence-electron chi connectivity index (χ1n) is 7.35. The fourth-order valence-corrected chi connectivity index (χ4v) is 2.02. The Bertz CT molecular complexity index is 838. The van der Waals surface area contributed by atoms with Gasteiger partial charge in [0, 0.05) is 32.4 Å². The van der Waals surface area contributed by atoms with Crippen LogP contribution in [0.4, 0.5) is 5.82 Å². The Hall–Kier alpha value is -3.30. The zero-order chi connectivity index (χ0) is 16.9. The minimum atomic E-state index is -0.264. The summed E-state index contributed by atoms with van der Waals surface area (Å²) in [6.45, 7) is 2.85. The first kappa shape index (κ1) is 15.6. The summed E-state index contributed by atoms with van der Waals surface area (Å²) < 4.78 is 3.16. The summed E-state index contributed by atoms with van der Waals surface area (Å²) in [5.74, 6) is 1.06. The summed E-state index contributed by atoms with van der Waals surface area (Å²) >= 11 is 0. The topological polar surface area (TPSA) is 115 Å². The lowest BCUT2D eigenvalue weighted by atomic mass is 10.4. The Morgan fingerprint density at radius 2 is 2.17 bits per heavy atom. The number of carbonyl (C=O) groups is 1. The number of anilines is 1. The lowest BCUT2D eigenvalue weighted by Gasteiger charge is -2.07. The van der Waals surface area contributed by atoms with Crippen molar-refractivity contribution < 1.29 is 4.79 Å². The van der Waals surface area contributed by atoms with Crippen molar-refractivity contribution in [3.8, 4) is 5.82 Å². The van der Waals surface area contributed by atoms with Crippen molar-refractivity contribution in [2.75, 3.05) is 18.4 Å². The molecule has 1 amide bonds. The highest BCUT2D eigenvalue weighted by molar-refractivity contribution is 5.91. The molecule has 3 rings (SSSR count). The standard InChI is InChI=1S/C14H17N9O/c1-10-3-6-23(20-10)13-7-12(17-9-18-13)15-4-5-16-14(24)11-8-22(2)21-19-11/h3,6-9H,4-5H2,1-2H3,(H,16,24)(H,15,17,18). The zero-order valence-corrected chi connectivity index (χ0v) is 13.3. The van der Waals surface area contributed by atoms with Crippen LogP contribution in [0.15, 0.2) is 30.9 Å². The highest BCUT2D eigenvalue weighted by Gasteiger charge is 2.08. The number of rotatable bonds is 6. The van der Waals surface area contributed by atoms with Crippen molar-refractivity contribution in [3.63, 3.8) is 0 Å². The molecule has 10 nitrogen and oxygen atoms in total. The van der Waals surface area contributed by atoms with Crippen molar-refractivity contribution >= 4 is 11.7 Å². The molecule has 0 saturated heterocycles. The lowest BCUT2D eigenvalue weighted by Crippen LogP contribution is -2.29. The van der Waals surface area contributed by atoms with Crippen LogP contribution >= 0.6 is 0 Å². The van der Waals surface area contributed by atoms with E-state index in [4.69, 9.17) is 0 Å². The Morgan fingerprint density at radius 1 is 1.29 bits per heavy atom. The minimum absolute atomic E-state index is 0.264. The van der Waals surface area contributed by atoms with Crippen molar-refractivity contribution in [1.29, 1.82) is 0 Å². The van der Waals surface area contributed by atoms with E-state index in [0.717, 1.165) is 5.69 Å². The molecule has 3 aromatic rings. The van der Waals surface area contributed by atoms with E-state index in [-0.39, 0.29) is 11.6 Å². The molecular weight excluding hydrogens is 310 g/mol.